The van der Waals surface area contributed by atoms with Crippen LogP contribution in [0, 0.1) is 12.8 Å². The number of hydrogen-bond acceptors (Lipinski definition) is 6. The molecule has 5 aliphatic rings. The zero-order valence-electron chi connectivity index (χ0n) is 18.6. The molecule has 5 aliphatic heterocycles. The van der Waals surface area contributed by atoms with E-state index < -0.39 is 0 Å². The van der Waals surface area contributed by atoms with Gasteiger partial charge >= 0.3 is 0 Å². The summed E-state index contributed by atoms with van der Waals surface area (Å²) in [6, 6.07) is 5.31. The van der Waals surface area contributed by atoms with Crippen molar-refractivity contribution in [3.8, 4) is 0 Å². The molecular formula is C25H33N5O. The molecule has 0 radical (unpaired) electrons. The molecule has 2 unspecified atom stereocenters. The fourth-order valence-electron chi connectivity index (χ4n) is 6.38. The molecule has 0 aromatic carbocycles. The molecule has 1 aromatic heterocycles. The lowest BCUT2D eigenvalue weighted by Crippen LogP contribution is -2.65. The predicted molar refractivity (Wildman–Crippen MR) is 121 cm³/mol. The second-order valence-electron chi connectivity index (χ2n) is 9.87. The van der Waals surface area contributed by atoms with Gasteiger partial charge in [-0.2, -0.15) is 5.06 Å². The van der Waals surface area contributed by atoms with Crippen molar-refractivity contribution in [2.45, 2.75) is 69.3 Å². The van der Waals surface area contributed by atoms with Crippen LogP contribution in [0.2, 0.25) is 0 Å². The Morgan fingerprint density at radius 2 is 1.97 bits per heavy atom. The van der Waals surface area contributed by atoms with Gasteiger partial charge in [0.1, 0.15) is 11.9 Å². The zero-order chi connectivity index (χ0) is 20.9. The van der Waals surface area contributed by atoms with Gasteiger partial charge in [0.05, 0.1) is 29.9 Å². The van der Waals surface area contributed by atoms with Crippen LogP contribution < -0.4 is 0 Å². The van der Waals surface area contributed by atoms with E-state index in [0.717, 1.165) is 31.8 Å². The molecule has 3 fully saturated rings. The summed E-state index contributed by atoms with van der Waals surface area (Å²) in [7, 11) is 2.23. The van der Waals surface area contributed by atoms with Gasteiger partial charge in [-0.3, -0.25) is 14.8 Å². The van der Waals surface area contributed by atoms with E-state index in [9.17, 15) is 0 Å². The van der Waals surface area contributed by atoms with E-state index in [2.05, 4.69) is 59.3 Å². The molecule has 6 rings (SSSR count). The molecule has 0 bridgehead atoms. The van der Waals surface area contributed by atoms with Gasteiger partial charge in [-0.05, 0) is 88.9 Å². The van der Waals surface area contributed by atoms with E-state index >= 15 is 0 Å². The third-order valence-electron chi connectivity index (χ3n) is 8.00. The van der Waals surface area contributed by atoms with Crippen LogP contribution in [0.4, 0.5) is 0 Å². The molecule has 0 aliphatic carbocycles. The van der Waals surface area contributed by atoms with Crippen LogP contribution in [0.15, 0.2) is 47.7 Å². The van der Waals surface area contributed by atoms with Crippen LogP contribution in [-0.2, 0) is 4.84 Å². The molecule has 6 heterocycles. The van der Waals surface area contributed by atoms with Gasteiger partial charge in [-0.25, -0.2) is 0 Å². The summed E-state index contributed by atoms with van der Waals surface area (Å²) < 4.78 is 0. The Hall–Kier alpha value is -2.02. The normalized spacial score (nSPS) is 36.1. The largest absolute Gasteiger partial charge is 0.325 e. The molecule has 6 heteroatoms. The first-order chi connectivity index (χ1) is 15.2. The lowest BCUT2D eigenvalue weighted by Gasteiger charge is -2.53. The van der Waals surface area contributed by atoms with Crippen LogP contribution in [-0.4, -0.2) is 70.0 Å². The number of nitrogens with zero attached hydrogens (tertiary/aromatic N) is 5. The second-order valence-corrected chi connectivity index (χ2v) is 9.87. The highest BCUT2D eigenvalue weighted by molar-refractivity contribution is 5.96. The number of aryl methyl sites for hydroxylation is 1. The molecule has 0 amide bonds. The van der Waals surface area contributed by atoms with Gasteiger partial charge in [-0.1, -0.05) is 12.1 Å². The summed E-state index contributed by atoms with van der Waals surface area (Å²) in [6.45, 7) is 4.48. The van der Waals surface area contributed by atoms with E-state index in [1.54, 1.807) is 0 Å². The Balaban J connectivity index is 1.38. The molecule has 5 atom stereocenters. The van der Waals surface area contributed by atoms with E-state index in [1.165, 1.54) is 30.5 Å². The van der Waals surface area contributed by atoms with Gasteiger partial charge < -0.3 is 9.80 Å². The number of pyridine rings is 1. The van der Waals surface area contributed by atoms with Crippen molar-refractivity contribution in [2.24, 2.45) is 10.9 Å². The van der Waals surface area contributed by atoms with Crippen molar-refractivity contribution >= 4 is 5.84 Å². The van der Waals surface area contributed by atoms with Crippen molar-refractivity contribution in [2.75, 3.05) is 20.1 Å². The Labute approximate surface area is 185 Å². The first kappa shape index (κ1) is 19.6. The Morgan fingerprint density at radius 3 is 2.81 bits per heavy atom. The van der Waals surface area contributed by atoms with Gasteiger partial charge in [0.25, 0.3) is 0 Å². The first-order valence-corrected chi connectivity index (χ1v) is 12.0. The third-order valence-corrected chi connectivity index (χ3v) is 8.00. The summed E-state index contributed by atoms with van der Waals surface area (Å²) in [6.07, 6.45) is 16.5. The number of aliphatic imine (C=N–C) groups is 1. The van der Waals surface area contributed by atoms with Gasteiger partial charge in [0.2, 0.25) is 0 Å². The van der Waals surface area contributed by atoms with E-state index in [1.807, 2.05) is 12.3 Å². The summed E-state index contributed by atoms with van der Waals surface area (Å²) >= 11 is 0. The van der Waals surface area contributed by atoms with E-state index in [4.69, 9.17) is 14.8 Å². The summed E-state index contributed by atoms with van der Waals surface area (Å²) in [5.41, 5.74) is 2.44. The maximum absolute atomic E-state index is 7.05. The molecule has 1 aromatic rings. The zero-order valence-corrected chi connectivity index (χ0v) is 18.6. The first-order valence-electron chi connectivity index (χ1n) is 12.0. The highest BCUT2D eigenvalue weighted by atomic mass is 16.7. The minimum Gasteiger partial charge on any atom is -0.325 e. The quantitative estimate of drug-likeness (QED) is 0.734. The minimum absolute atomic E-state index is 0.164. The predicted octanol–water partition coefficient (Wildman–Crippen LogP) is 3.48. The fourth-order valence-corrected chi connectivity index (χ4v) is 6.38. The van der Waals surface area contributed by atoms with Crippen molar-refractivity contribution in [1.82, 2.24) is 19.8 Å². The minimum atomic E-state index is 0.164. The number of hydroxylamine groups is 2. The van der Waals surface area contributed by atoms with Crippen LogP contribution >= 0.6 is 0 Å². The number of fused-ring (bicyclic) bond motifs is 5. The number of piperidine rings is 2. The van der Waals surface area contributed by atoms with Crippen molar-refractivity contribution in [1.29, 1.82) is 0 Å². The Bertz CT molecular complexity index is 918. The van der Waals surface area contributed by atoms with Crippen molar-refractivity contribution in [3.05, 3.63) is 54.0 Å². The number of allylic oxidation sites excluding steroid dienone is 2. The lowest BCUT2D eigenvalue weighted by molar-refractivity contribution is -0.309. The SMILES string of the molecule is Cc1cccnc1[C@@H]1CCC[C@@H]2C3N=C4C=CC=CN4C3[C@H](C3CCN(C)CC3)ON21. The standard InChI is InChI=1S/C25H33N5O/c1-17-7-6-13-26-22(17)19-8-5-9-20-23-24(29-14-4-3-10-21(29)27-23)25(31-30(19)20)18-11-15-28(2)16-12-18/h3-4,6-7,10,13-14,18-20,23-25H,5,8-9,11-12,15-16H2,1-2H3/t19-,20+,23?,24?,25-/m0/s1. The summed E-state index contributed by atoms with van der Waals surface area (Å²) in [5, 5.41) is 2.35. The van der Waals surface area contributed by atoms with Gasteiger partial charge in [0, 0.05) is 12.4 Å². The average molecular weight is 420 g/mol. The highest BCUT2D eigenvalue weighted by Gasteiger charge is 2.55. The smallest absolute Gasteiger partial charge is 0.128 e. The van der Waals surface area contributed by atoms with Crippen LogP contribution in [0.1, 0.15) is 49.4 Å². The molecule has 0 N–H and O–H groups in total. The highest BCUT2D eigenvalue weighted by Crippen LogP contribution is 2.46. The fraction of sp³-hybridized carbons (Fsp3) is 0.600. The van der Waals surface area contributed by atoms with E-state index in [0.29, 0.717) is 18.0 Å². The molecular weight excluding hydrogens is 386 g/mol. The summed E-state index contributed by atoms with van der Waals surface area (Å²) in [5.74, 6) is 1.67. The maximum atomic E-state index is 7.05. The number of likely N-dealkylation sites (tertiary alicyclic amines) is 1. The third kappa shape index (κ3) is 3.27. The number of amidine groups is 1. The number of aromatic nitrogens is 1. The van der Waals surface area contributed by atoms with E-state index in [-0.39, 0.29) is 18.2 Å². The average Bonchev–Trinajstić information content (AvgIpc) is 3.19. The molecule has 31 heavy (non-hydrogen) atoms. The van der Waals surface area contributed by atoms with Gasteiger partial charge in [-0.15, -0.1) is 0 Å². The lowest BCUT2D eigenvalue weighted by atomic mass is 9.79. The van der Waals surface area contributed by atoms with Crippen LogP contribution in [0.25, 0.3) is 0 Å². The van der Waals surface area contributed by atoms with Crippen molar-refractivity contribution < 1.29 is 4.84 Å². The summed E-state index contributed by atoms with van der Waals surface area (Å²) in [4.78, 5) is 22.0. The topological polar surface area (TPSA) is 44.2 Å². The molecule has 3 saturated heterocycles. The Kier molecular flexibility index (Phi) is 4.97. The molecule has 6 nitrogen and oxygen atoms in total. The number of hydrogen-bond donors (Lipinski definition) is 0. The number of rotatable bonds is 2. The van der Waals surface area contributed by atoms with Gasteiger partial charge in [0.15, 0.2) is 0 Å². The molecule has 0 spiro atoms. The molecule has 164 valence electrons. The van der Waals surface area contributed by atoms with Crippen LogP contribution in [0.3, 0.4) is 0 Å². The monoisotopic (exact) mass is 419 g/mol. The second kappa shape index (κ2) is 7.84. The maximum Gasteiger partial charge on any atom is 0.128 e. The van der Waals surface area contributed by atoms with Crippen molar-refractivity contribution in [3.63, 3.8) is 0 Å². The Morgan fingerprint density at radius 1 is 1.10 bits per heavy atom. The van der Waals surface area contributed by atoms with Crippen LogP contribution in [0.5, 0.6) is 0 Å². The molecule has 0 saturated carbocycles.